The van der Waals surface area contributed by atoms with Crippen molar-refractivity contribution < 1.29 is 26.7 Å². The van der Waals surface area contributed by atoms with Crippen molar-refractivity contribution in [1.29, 1.82) is 0 Å². The van der Waals surface area contributed by atoms with Crippen LogP contribution < -0.4 is 14.4 Å². The molecule has 3 rings (SSSR count). The number of ether oxygens (including phenoxy) is 1. The summed E-state index contributed by atoms with van der Waals surface area (Å²) >= 11 is 5.90. The number of carbonyl (C=O) groups is 1. The third-order valence-corrected chi connectivity index (χ3v) is 6.43. The average molecular weight is 467 g/mol. The van der Waals surface area contributed by atoms with Gasteiger partial charge in [-0.1, -0.05) is 41.9 Å². The average Bonchev–Trinajstić information content (AvgIpc) is 2.75. The SMILES string of the molecule is CN(c1ccccc1)S(=O)(=O)c1ccccc1C(=O)Nc1ccc(OC(F)F)c(Cl)c1. The molecule has 0 aliphatic carbocycles. The summed E-state index contributed by atoms with van der Waals surface area (Å²) in [6.07, 6.45) is 0. The van der Waals surface area contributed by atoms with Crippen LogP contribution in [0.3, 0.4) is 0 Å². The number of rotatable bonds is 7. The molecule has 0 heterocycles. The van der Waals surface area contributed by atoms with Gasteiger partial charge in [-0.3, -0.25) is 9.10 Å². The lowest BCUT2D eigenvalue weighted by atomic mass is 10.2. The van der Waals surface area contributed by atoms with Gasteiger partial charge in [0.05, 0.1) is 16.3 Å². The fourth-order valence-corrected chi connectivity index (χ4v) is 4.38. The molecule has 1 amide bonds. The van der Waals surface area contributed by atoms with Crippen molar-refractivity contribution in [3.63, 3.8) is 0 Å². The van der Waals surface area contributed by atoms with Crippen LogP contribution in [-0.2, 0) is 10.0 Å². The molecular weight excluding hydrogens is 450 g/mol. The van der Waals surface area contributed by atoms with E-state index in [1.807, 2.05) is 0 Å². The van der Waals surface area contributed by atoms with Gasteiger partial charge in [0, 0.05) is 12.7 Å². The highest BCUT2D eigenvalue weighted by molar-refractivity contribution is 7.92. The van der Waals surface area contributed by atoms with Gasteiger partial charge in [-0.15, -0.1) is 0 Å². The van der Waals surface area contributed by atoms with Gasteiger partial charge in [-0.2, -0.15) is 8.78 Å². The molecule has 3 aromatic rings. The summed E-state index contributed by atoms with van der Waals surface area (Å²) in [6, 6.07) is 17.9. The monoisotopic (exact) mass is 466 g/mol. The van der Waals surface area contributed by atoms with Gasteiger partial charge in [0.25, 0.3) is 15.9 Å². The van der Waals surface area contributed by atoms with Crippen LogP contribution in [-0.4, -0.2) is 28.0 Å². The van der Waals surface area contributed by atoms with Gasteiger partial charge in [-0.25, -0.2) is 8.42 Å². The Balaban J connectivity index is 1.89. The summed E-state index contributed by atoms with van der Waals surface area (Å²) in [4.78, 5) is 12.6. The predicted octanol–water partition coefficient (Wildman–Crippen LogP) is 5.02. The predicted molar refractivity (Wildman–Crippen MR) is 115 cm³/mol. The van der Waals surface area contributed by atoms with Gasteiger partial charge in [-0.05, 0) is 42.5 Å². The number of amides is 1. The highest BCUT2D eigenvalue weighted by Gasteiger charge is 2.27. The third kappa shape index (κ3) is 5.12. The number of hydrogen-bond donors (Lipinski definition) is 1. The van der Waals surface area contributed by atoms with Crippen LogP contribution in [0, 0.1) is 0 Å². The molecule has 0 unspecified atom stereocenters. The first kappa shape index (κ1) is 22.5. The number of carbonyl (C=O) groups excluding carboxylic acids is 1. The smallest absolute Gasteiger partial charge is 0.387 e. The van der Waals surface area contributed by atoms with Crippen molar-refractivity contribution in [2.24, 2.45) is 0 Å². The molecule has 0 bridgehead atoms. The molecule has 0 saturated heterocycles. The molecule has 162 valence electrons. The Kier molecular flexibility index (Phi) is 6.77. The Morgan fingerprint density at radius 1 is 1.03 bits per heavy atom. The Bertz CT molecular complexity index is 1190. The molecule has 0 aromatic heterocycles. The minimum atomic E-state index is -4.05. The van der Waals surface area contributed by atoms with Crippen LogP contribution in [0.2, 0.25) is 5.02 Å². The van der Waals surface area contributed by atoms with E-state index in [1.165, 1.54) is 49.5 Å². The topological polar surface area (TPSA) is 75.7 Å². The molecule has 0 aliphatic heterocycles. The summed E-state index contributed by atoms with van der Waals surface area (Å²) in [6.45, 7) is -3.04. The number of para-hydroxylation sites is 1. The van der Waals surface area contributed by atoms with E-state index in [4.69, 9.17) is 11.6 Å². The number of benzene rings is 3. The molecule has 0 fully saturated rings. The maximum Gasteiger partial charge on any atom is 0.387 e. The Labute approximate surface area is 183 Å². The van der Waals surface area contributed by atoms with E-state index in [1.54, 1.807) is 30.3 Å². The zero-order valence-corrected chi connectivity index (χ0v) is 17.7. The minimum absolute atomic E-state index is 0.0886. The highest BCUT2D eigenvalue weighted by atomic mass is 35.5. The van der Waals surface area contributed by atoms with Crippen molar-refractivity contribution in [3.8, 4) is 5.75 Å². The summed E-state index contributed by atoms with van der Waals surface area (Å²) in [7, 11) is -2.66. The third-order valence-electron chi connectivity index (χ3n) is 4.30. The van der Waals surface area contributed by atoms with Crippen molar-refractivity contribution in [2.75, 3.05) is 16.7 Å². The van der Waals surface area contributed by atoms with Gasteiger partial charge in [0.15, 0.2) is 0 Å². The van der Waals surface area contributed by atoms with Crippen LogP contribution in [0.15, 0.2) is 77.7 Å². The van der Waals surface area contributed by atoms with E-state index < -0.39 is 22.5 Å². The van der Waals surface area contributed by atoms with Crippen LogP contribution in [0.25, 0.3) is 0 Å². The lowest BCUT2D eigenvalue weighted by Crippen LogP contribution is -2.28. The number of halogens is 3. The van der Waals surface area contributed by atoms with Gasteiger partial charge >= 0.3 is 6.61 Å². The van der Waals surface area contributed by atoms with Crippen LogP contribution >= 0.6 is 11.6 Å². The van der Waals surface area contributed by atoms with Gasteiger partial charge in [0.2, 0.25) is 0 Å². The fourth-order valence-electron chi connectivity index (χ4n) is 2.77. The fraction of sp³-hybridized carbons (Fsp3) is 0.0952. The van der Waals surface area contributed by atoms with E-state index in [2.05, 4.69) is 10.1 Å². The molecular formula is C21H17ClF2N2O4S. The second-order valence-corrected chi connectivity index (χ2v) is 8.63. The summed E-state index contributed by atoms with van der Waals surface area (Å²) < 4.78 is 56.4. The van der Waals surface area contributed by atoms with E-state index in [0.29, 0.717) is 5.69 Å². The largest absolute Gasteiger partial charge is 0.433 e. The first-order valence-corrected chi connectivity index (χ1v) is 10.7. The second kappa shape index (κ2) is 9.32. The molecule has 0 atom stereocenters. The molecule has 1 N–H and O–H groups in total. The number of anilines is 2. The molecule has 10 heteroatoms. The van der Waals surface area contributed by atoms with E-state index in [-0.39, 0.29) is 26.9 Å². The molecule has 6 nitrogen and oxygen atoms in total. The quantitative estimate of drug-likeness (QED) is 0.530. The molecule has 0 saturated carbocycles. The van der Waals surface area contributed by atoms with Crippen molar-refractivity contribution >= 4 is 38.9 Å². The van der Waals surface area contributed by atoms with Crippen molar-refractivity contribution in [1.82, 2.24) is 0 Å². The lowest BCUT2D eigenvalue weighted by molar-refractivity contribution is -0.0497. The second-order valence-electron chi connectivity index (χ2n) is 6.28. The maximum absolute atomic E-state index is 13.1. The summed E-state index contributed by atoms with van der Waals surface area (Å²) in [5, 5.41) is 2.39. The van der Waals surface area contributed by atoms with Crippen LogP contribution in [0.5, 0.6) is 5.75 Å². The summed E-state index contributed by atoms with van der Waals surface area (Å²) in [5.74, 6) is -0.957. The normalized spacial score (nSPS) is 11.3. The zero-order chi connectivity index (χ0) is 22.6. The van der Waals surface area contributed by atoms with Crippen LogP contribution in [0.4, 0.5) is 20.2 Å². The molecule has 31 heavy (non-hydrogen) atoms. The molecule has 0 spiro atoms. The zero-order valence-electron chi connectivity index (χ0n) is 16.1. The summed E-state index contributed by atoms with van der Waals surface area (Å²) in [5.41, 5.74) is 0.522. The van der Waals surface area contributed by atoms with Crippen molar-refractivity contribution in [3.05, 3.63) is 83.4 Å². The number of sulfonamides is 1. The Morgan fingerprint density at radius 3 is 2.32 bits per heavy atom. The van der Waals surface area contributed by atoms with Crippen LogP contribution in [0.1, 0.15) is 10.4 Å². The lowest BCUT2D eigenvalue weighted by Gasteiger charge is -2.21. The van der Waals surface area contributed by atoms with E-state index in [0.717, 1.165) is 4.31 Å². The minimum Gasteiger partial charge on any atom is -0.433 e. The highest BCUT2D eigenvalue weighted by Crippen LogP contribution is 2.30. The Hall–Kier alpha value is -3.17. The standard InChI is InChI=1S/C21H17ClF2N2O4S/c1-26(15-7-3-2-4-8-15)31(28,29)19-10-6-5-9-16(19)20(27)25-14-11-12-18(17(22)13-14)30-21(23)24/h2-13,21H,1H3,(H,25,27). The Morgan fingerprint density at radius 2 is 1.68 bits per heavy atom. The first-order valence-electron chi connectivity index (χ1n) is 8.89. The first-order chi connectivity index (χ1) is 14.7. The van der Waals surface area contributed by atoms with Gasteiger partial charge < -0.3 is 10.1 Å². The number of nitrogens with zero attached hydrogens (tertiary/aromatic N) is 1. The number of nitrogens with one attached hydrogen (secondary N) is 1. The maximum atomic E-state index is 13.1. The van der Waals surface area contributed by atoms with E-state index >= 15 is 0 Å². The number of hydrogen-bond acceptors (Lipinski definition) is 4. The molecule has 3 aromatic carbocycles. The van der Waals surface area contributed by atoms with Crippen molar-refractivity contribution in [2.45, 2.75) is 11.5 Å². The molecule has 0 aliphatic rings. The number of alkyl halides is 2. The molecule has 0 radical (unpaired) electrons. The van der Waals surface area contributed by atoms with E-state index in [9.17, 15) is 22.0 Å². The van der Waals surface area contributed by atoms with Gasteiger partial charge in [0.1, 0.15) is 10.6 Å².